The molecule has 0 bridgehead atoms. The van der Waals surface area contributed by atoms with Crippen LogP contribution in [0.2, 0.25) is 5.02 Å². The SMILES string of the molecule is CC(Cl)C(=O)Nc1cccc(Cl)c1F. The molecule has 0 spiro atoms. The number of hydrogen-bond donors (Lipinski definition) is 1. The summed E-state index contributed by atoms with van der Waals surface area (Å²) in [5.74, 6) is -1.12. The molecule has 0 heterocycles. The molecular weight excluding hydrogens is 228 g/mol. The topological polar surface area (TPSA) is 29.1 Å². The number of benzene rings is 1. The number of carbonyl (C=O) groups excluding carboxylic acids is 1. The summed E-state index contributed by atoms with van der Waals surface area (Å²) >= 11 is 11.0. The molecule has 1 rings (SSSR count). The second kappa shape index (κ2) is 4.62. The highest BCUT2D eigenvalue weighted by atomic mass is 35.5. The van der Waals surface area contributed by atoms with Gasteiger partial charge in [-0.2, -0.15) is 0 Å². The lowest BCUT2D eigenvalue weighted by Crippen LogP contribution is -2.20. The number of amides is 1. The minimum Gasteiger partial charge on any atom is -0.322 e. The molecular formula is C9H8Cl2FNO. The largest absolute Gasteiger partial charge is 0.322 e. The number of anilines is 1. The Balaban J connectivity index is 2.87. The maximum absolute atomic E-state index is 13.2. The minimum atomic E-state index is -0.714. The number of alkyl halides is 1. The first-order valence-electron chi connectivity index (χ1n) is 3.91. The zero-order valence-electron chi connectivity index (χ0n) is 7.35. The summed E-state index contributed by atoms with van der Waals surface area (Å²) in [5, 5.41) is 1.57. The van der Waals surface area contributed by atoms with Crippen molar-refractivity contribution in [1.29, 1.82) is 0 Å². The predicted octanol–water partition coefficient (Wildman–Crippen LogP) is 3.04. The fourth-order valence-electron chi connectivity index (χ4n) is 0.833. The van der Waals surface area contributed by atoms with Gasteiger partial charge in [-0.1, -0.05) is 17.7 Å². The van der Waals surface area contributed by atoms with Gasteiger partial charge in [0.25, 0.3) is 0 Å². The Hall–Kier alpha value is -0.800. The Labute approximate surface area is 91.0 Å². The molecule has 76 valence electrons. The zero-order chi connectivity index (χ0) is 10.7. The Morgan fingerprint density at radius 3 is 2.79 bits per heavy atom. The van der Waals surface area contributed by atoms with E-state index >= 15 is 0 Å². The molecule has 0 saturated carbocycles. The molecule has 1 N–H and O–H groups in total. The molecule has 2 nitrogen and oxygen atoms in total. The normalized spacial score (nSPS) is 12.3. The van der Waals surface area contributed by atoms with Gasteiger partial charge in [0, 0.05) is 0 Å². The van der Waals surface area contributed by atoms with Crippen LogP contribution in [0, 0.1) is 5.82 Å². The van der Waals surface area contributed by atoms with Gasteiger partial charge in [0.15, 0.2) is 5.82 Å². The van der Waals surface area contributed by atoms with Gasteiger partial charge in [0.1, 0.15) is 5.38 Å². The van der Waals surface area contributed by atoms with Crippen molar-refractivity contribution < 1.29 is 9.18 Å². The monoisotopic (exact) mass is 235 g/mol. The standard InChI is InChI=1S/C9H8Cl2FNO/c1-5(10)9(14)13-7-4-2-3-6(11)8(7)12/h2-5H,1H3,(H,13,14). The molecule has 1 atom stereocenters. The van der Waals surface area contributed by atoms with Crippen molar-refractivity contribution in [2.24, 2.45) is 0 Å². The Morgan fingerprint density at radius 2 is 2.21 bits per heavy atom. The van der Waals surface area contributed by atoms with E-state index in [1.54, 1.807) is 6.07 Å². The lowest BCUT2D eigenvalue weighted by Gasteiger charge is -2.07. The molecule has 0 aliphatic carbocycles. The Bertz CT molecular complexity index is 355. The fourth-order valence-corrected chi connectivity index (χ4v) is 1.06. The van der Waals surface area contributed by atoms with E-state index < -0.39 is 17.1 Å². The van der Waals surface area contributed by atoms with Gasteiger partial charge in [-0.25, -0.2) is 4.39 Å². The average Bonchev–Trinajstić information content (AvgIpc) is 2.12. The van der Waals surface area contributed by atoms with Crippen LogP contribution in [0.3, 0.4) is 0 Å². The molecule has 0 aliphatic rings. The van der Waals surface area contributed by atoms with Gasteiger partial charge < -0.3 is 5.32 Å². The van der Waals surface area contributed by atoms with E-state index in [1.165, 1.54) is 19.1 Å². The van der Waals surface area contributed by atoms with Gasteiger partial charge in [0.2, 0.25) is 5.91 Å². The number of carbonyl (C=O) groups is 1. The third-order valence-electron chi connectivity index (χ3n) is 1.57. The van der Waals surface area contributed by atoms with E-state index in [-0.39, 0.29) is 10.7 Å². The summed E-state index contributed by atoms with van der Waals surface area (Å²) in [5.41, 5.74) is 0.0370. The molecule has 1 aromatic rings. The average molecular weight is 236 g/mol. The Morgan fingerprint density at radius 1 is 1.57 bits per heavy atom. The first-order chi connectivity index (χ1) is 6.52. The quantitative estimate of drug-likeness (QED) is 0.785. The molecule has 1 unspecified atom stereocenters. The van der Waals surface area contributed by atoms with Crippen LogP contribution in [0.1, 0.15) is 6.92 Å². The smallest absolute Gasteiger partial charge is 0.242 e. The van der Waals surface area contributed by atoms with Crippen LogP contribution in [-0.4, -0.2) is 11.3 Å². The molecule has 5 heteroatoms. The highest BCUT2D eigenvalue weighted by molar-refractivity contribution is 6.32. The van der Waals surface area contributed by atoms with Gasteiger partial charge in [-0.3, -0.25) is 4.79 Å². The Kier molecular flexibility index (Phi) is 3.72. The molecule has 0 fully saturated rings. The van der Waals surface area contributed by atoms with E-state index in [9.17, 15) is 9.18 Å². The third-order valence-corrected chi connectivity index (χ3v) is 2.06. The first kappa shape index (κ1) is 11.3. The molecule has 0 saturated heterocycles. The van der Waals surface area contributed by atoms with E-state index in [0.717, 1.165) is 0 Å². The number of hydrogen-bond acceptors (Lipinski definition) is 1. The van der Waals surface area contributed by atoms with Crippen molar-refractivity contribution in [3.63, 3.8) is 0 Å². The highest BCUT2D eigenvalue weighted by Gasteiger charge is 2.12. The molecule has 1 amide bonds. The van der Waals surface area contributed by atoms with E-state index in [0.29, 0.717) is 0 Å². The molecule has 0 aromatic heterocycles. The van der Waals surface area contributed by atoms with Crippen molar-refractivity contribution in [3.05, 3.63) is 29.0 Å². The molecule has 14 heavy (non-hydrogen) atoms. The van der Waals surface area contributed by atoms with Crippen LogP contribution in [0.4, 0.5) is 10.1 Å². The van der Waals surface area contributed by atoms with Crippen molar-refractivity contribution in [2.75, 3.05) is 5.32 Å². The summed E-state index contributed by atoms with van der Waals surface area (Å²) in [6.07, 6.45) is 0. The second-order valence-electron chi connectivity index (χ2n) is 2.71. The fraction of sp³-hybridized carbons (Fsp3) is 0.222. The van der Waals surface area contributed by atoms with Gasteiger partial charge in [-0.05, 0) is 19.1 Å². The molecule has 1 aromatic carbocycles. The second-order valence-corrected chi connectivity index (χ2v) is 3.77. The van der Waals surface area contributed by atoms with Crippen molar-refractivity contribution >= 4 is 34.8 Å². The highest BCUT2D eigenvalue weighted by Crippen LogP contribution is 2.22. The predicted molar refractivity (Wildman–Crippen MR) is 55.4 cm³/mol. The molecule has 0 aliphatic heterocycles. The van der Waals surface area contributed by atoms with Crippen LogP contribution in [0.25, 0.3) is 0 Å². The van der Waals surface area contributed by atoms with Crippen molar-refractivity contribution in [1.82, 2.24) is 0 Å². The summed E-state index contributed by atoms with van der Waals surface area (Å²) in [6.45, 7) is 1.50. The van der Waals surface area contributed by atoms with Gasteiger partial charge in [-0.15, -0.1) is 11.6 Å². The van der Waals surface area contributed by atoms with Crippen LogP contribution < -0.4 is 5.32 Å². The summed E-state index contributed by atoms with van der Waals surface area (Å²) < 4.78 is 13.2. The third kappa shape index (κ3) is 2.59. The minimum absolute atomic E-state index is 0.0370. The van der Waals surface area contributed by atoms with Crippen molar-refractivity contribution in [3.8, 4) is 0 Å². The lowest BCUT2D eigenvalue weighted by atomic mass is 10.3. The first-order valence-corrected chi connectivity index (χ1v) is 4.72. The van der Waals surface area contributed by atoms with Crippen LogP contribution in [-0.2, 0) is 4.79 Å². The summed E-state index contributed by atoms with van der Waals surface area (Å²) in [7, 11) is 0. The van der Waals surface area contributed by atoms with E-state index in [1.807, 2.05) is 0 Å². The van der Waals surface area contributed by atoms with Crippen molar-refractivity contribution in [2.45, 2.75) is 12.3 Å². The molecule has 0 radical (unpaired) electrons. The maximum atomic E-state index is 13.2. The van der Waals surface area contributed by atoms with Crippen LogP contribution >= 0.6 is 23.2 Å². The number of halogens is 3. The zero-order valence-corrected chi connectivity index (χ0v) is 8.86. The van der Waals surface area contributed by atoms with Gasteiger partial charge >= 0.3 is 0 Å². The van der Waals surface area contributed by atoms with E-state index in [4.69, 9.17) is 23.2 Å². The van der Waals surface area contributed by atoms with Gasteiger partial charge in [0.05, 0.1) is 10.7 Å². The summed E-state index contributed by atoms with van der Waals surface area (Å²) in [6, 6.07) is 4.36. The lowest BCUT2D eigenvalue weighted by molar-refractivity contribution is -0.115. The van der Waals surface area contributed by atoms with Crippen LogP contribution in [0.15, 0.2) is 18.2 Å². The number of nitrogens with one attached hydrogen (secondary N) is 1. The van der Waals surface area contributed by atoms with Crippen LogP contribution in [0.5, 0.6) is 0 Å². The number of rotatable bonds is 2. The maximum Gasteiger partial charge on any atom is 0.242 e. The summed E-state index contributed by atoms with van der Waals surface area (Å²) in [4.78, 5) is 11.1. The van der Waals surface area contributed by atoms with E-state index in [2.05, 4.69) is 5.32 Å².